The van der Waals surface area contributed by atoms with Gasteiger partial charge < -0.3 is 46.4 Å². The average molecular weight is 570 g/mol. The second-order valence-corrected chi connectivity index (χ2v) is 10.5. The number of carbonyl (C=O) groups excluding carboxylic acids is 2. The highest BCUT2D eigenvalue weighted by Crippen LogP contribution is 2.03. The summed E-state index contributed by atoms with van der Waals surface area (Å²) >= 11 is 3.64. The van der Waals surface area contributed by atoms with Gasteiger partial charge in [0.2, 0.25) is 11.8 Å². The molecule has 220 valence electrons. The molecule has 11 nitrogen and oxygen atoms in total. The number of carbonyl (C=O) groups is 2. The van der Waals surface area contributed by atoms with E-state index in [1.807, 2.05) is 37.4 Å². The SMILES string of the molecule is CC(OCCCSCCN)OCCNC(=O)CCNCCC(=O)NCCOC(C)OCCCSCCN. The summed E-state index contributed by atoms with van der Waals surface area (Å²) in [7, 11) is 0. The summed E-state index contributed by atoms with van der Waals surface area (Å²) in [6, 6.07) is 0. The third-order valence-corrected chi connectivity index (χ3v) is 6.91. The van der Waals surface area contributed by atoms with Crippen molar-refractivity contribution in [2.24, 2.45) is 11.5 Å². The molecule has 0 fully saturated rings. The molecule has 0 spiro atoms. The molecule has 2 unspecified atom stereocenters. The third-order valence-electron chi connectivity index (χ3n) is 4.71. The van der Waals surface area contributed by atoms with E-state index >= 15 is 0 Å². The van der Waals surface area contributed by atoms with Crippen LogP contribution in [0, 0.1) is 0 Å². The molecular formula is C24H51N5O6S2. The van der Waals surface area contributed by atoms with Gasteiger partial charge in [-0.2, -0.15) is 23.5 Å². The molecule has 37 heavy (non-hydrogen) atoms. The lowest BCUT2D eigenvalue weighted by atomic mass is 10.3. The molecule has 2 amide bonds. The zero-order valence-corrected chi connectivity index (χ0v) is 24.4. The molecule has 7 N–H and O–H groups in total. The smallest absolute Gasteiger partial charge is 0.221 e. The molecule has 0 bridgehead atoms. The Morgan fingerprint density at radius 3 is 1.46 bits per heavy atom. The second kappa shape index (κ2) is 28.4. The van der Waals surface area contributed by atoms with Gasteiger partial charge in [-0.25, -0.2) is 0 Å². The normalized spacial score (nSPS) is 12.9. The number of ether oxygens (including phenoxy) is 4. The molecule has 0 saturated heterocycles. The van der Waals surface area contributed by atoms with E-state index in [-0.39, 0.29) is 24.4 Å². The van der Waals surface area contributed by atoms with Crippen LogP contribution in [0.1, 0.15) is 39.5 Å². The van der Waals surface area contributed by atoms with Crippen LogP contribution in [-0.2, 0) is 28.5 Å². The monoisotopic (exact) mass is 569 g/mol. The Labute approximate surface area is 231 Å². The van der Waals surface area contributed by atoms with Crippen LogP contribution in [0.3, 0.4) is 0 Å². The Morgan fingerprint density at radius 1 is 0.649 bits per heavy atom. The van der Waals surface area contributed by atoms with Crippen molar-refractivity contribution < 1.29 is 28.5 Å². The molecule has 13 heteroatoms. The van der Waals surface area contributed by atoms with E-state index in [1.54, 1.807) is 0 Å². The van der Waals surface area contributed by atoms with Crippen LogP contribution in [0.25, 0.3) is 0 Å². The van der Waals surface area contributed by atoms with Crippen molar-refractivity contribution in [3.05, 3.63) is 0 Å². The van der Waals surface area contributed by atoms with Gasteiger partial charge in [-0.1, -0.05) is 0 Å². The summed E-state index contributed by atoms with van der Waals surface area (Å²) in [6.07, 6.45) is 2.01. The Kier molecular flexibility index (Phi) is 27.9. The Hall–Kier alpha value is -0.640. The first-order chi connectivity index (χ1) is 18.0. The first kappa shape index (κ1) is 36.4. The number of hydrogen-bond donors (Lipinski definition) is 5. The molecule has 0 saturated carbocycles. The quantitative estimate of drug-likeness (QED) is 0.0660. The third kappa shape index (κ3) is 28.2. The lowest BCUT2D eigenvalue weighted by molar-refractivity contribution is -0.132. The van der Waals surface area contributed by atoms with E-state index in [1.165, 1.54) is 0 Å². The first-order valence-electron chi connectivity index (χ1n) is 13.3. The minimum absolute atomic E-state index is 0.0612. The number of nitrogens with one attached hydrogen (secondary N) is 3. The van der Waals surface area contributed by atoms with E-state index in [0.717, 1.165) is 35.9 Å². The summed E-state index contributed by atoms with van der Waals surface area (Å²) in [6.45, 7) is 9.06. The molecular weight excluding hydrogens is 518 g/mol. The van der Waals surface area contributed by atoms with Crippen molar-refractivity contribution in [2.45, 2.75) is 52.1 Å². The number of nitrogens with two attached hydrogens (primary N) is 2. The Bertz CT molecular complexity index is 496. The molecule has 0 aromatic heterocycles. The van der Waals surface area contributed by atoms with Crippen LogP contribution in [0.4, 0.5) is 0 Å². The standard InChI is InChI=1S/C24H51N5O6S2/c1-21(32-13-3-17-36-19-7-25)34-15-11-28-23(30)5-9-27-10-6-24(31)29-12-16-35-22(2)33-14-4-18-37-20-8-26/h21-22,27H,3-20,25-26H2,1-2H3,(H,28,30)(H,29,31). The van der Waals surface area contributed by atoms with Gasteiger partial charge in [0, 0.05) is 63.6 Å². The van der Waals surface area contributed by atoms with Gasteiger partial charge in [0.05, 0.1) is 26.4 Å². The maximum atomic E-state index is 11.9. The molecule has 0 radical (unpaired) electrons. The maximum absolute atomic E-state index is 11.9. The zero-order chi connectivity index (χ0) is 27.4. The predicted molar refractivity (Wildman–Crippen MR) is 153 cm³/mol. The van der Waals surface area contributed by atoms with Gasteiger partial charge >= 0.3 is 0 Å². The van der Waals surface area contributed by atoms with E-state index in [9.17, 15) is 9.59 Å². The molecule has 0 aliphatic heterocycles. The summed E-state index contributed by atoms with van der Waals surface area (Å²) in [5.74, 6) is 3.87. The number of rotatable bonds is 28. The van der Waals surface area contributed by atoms with E-state index in [2.05, 4.69) is 16.0 Å². The lowest BCUT2D eigenvalue weighted by Crippen LogP contribution is -2.33. The fourth-order valence-electron chi connectivity index (χ4n) is 2.82. The van der Waals surface area contributed by atoms with Crippen molar-refractivity contribution in [1.29, 1.82) is 0 Å². The fourth-order valence-corrected chi connectivity index (χ4v) is 4.21. The summed E-state index contributed by atoms with van der Waals surface area (Å²) in [5.41, 5.74) is 10.9. The van der Waals surface area contributed by atoms with Crippen molar-refractivity contribution in [3.63, 3.8) is 0 Å². The topological polar surface area (TPSA) is 159 Å². The number of thioether (sulfide) groups is 2. The number of hydrogen-bond acceptors (Lipinski definition) is 11. The van der Waals surface area contributed by atoms with Crippen LogP contribution in [-0.4, -0.2) is 113 Å². The lowest BCUT2D eigenvalue weighted by Gasteiger charge is -2.14. The second-order valence-electron chi connectivity index (χ2n) is 8.08. The van der Waals surface area contributed by atoms with Crippen molar-refractivity contribution in [2.75, 3.05) is 88.7 Å². The Balaban J connectivity index is 3.46. The molecule has 0 aromatic carbocycles. The summed E-state index contributed by atoms with van der Waals surface area (Å²) < 4.78 is 22.2. The van der Waals surface area contributed by atoms with E-state index in [0.29, 0.717) is 78.5 Å². The molecule has 0 heterocycles. The Morgan fingerprint density at radius 2 is 1.05 bits per heavy atom. The largest absolute Gasteiger partial charge is 0.354 e. The van der Waals surface area contributed by atoms with Crippen LogP contribution in [0.5, 0.6) is 0 Å². The van der Waals surface area contributed by atoms with Gasteiger partial charge in [0.25, 0.3) is 0 Å². The molecule has 0 aliphatic carbocycles. The van der Waals surface area contributed by atoms with Crippen LogP contribution in [0.15, 0.2) is 0 Å². The summed E-state index contributed by atoms with van der Waals surface area (Å²) in [5, 5.41) is 8.73. The maximum Gasteiger partial charge on any atom is 0.221 e. The predicted octanol–water partition coefficient (Wildman–Crippen LogP) is 0.511. The fraction of sp³-hybridized carbons (Fsp3) is 0.917. The first-order valence-corrected chi connectivity index (χ1v) is 15.6. The number of amides is 2. The molecule has 0 rings (SSSR count). The highest BCUT2D eigenvalue weighted by atomic mass is 32.2. The highest BCUT2D eigenvalue weighted by Gasteiger charge is 2.06. The van der Waals surface area contributed by atoms with Gasteiger partial charge in [-0.3, -0.25) is 9.59 Å². The summed E-state index contributed by atoms with van der Waals surface area (Å²) in [4.78, 5) is 23.8. The van der Waals surface area contributed by atoms with Crippen molar-refractivity contribution in [1.82, 2.24) is 16.0 Å². The molecule has 0 aromatic rings. The highest BCUT2D eigenvalue weighted by molar-refractivity contribution is 7.99. The van der Waals surface area contributed by atoms with E-state index < -0.39 is 0 Å². The molecule has 2 atom stereocenters. The zero-order valence-electron chi connectivity index (χ0n) is 22.8. The average Bonchev–Trinajstić information content (AvgIpc) is 2.88. The van der Waals surface area contributed by atoms with Crippen LogP contribution in [0.2, 0.25) is 0 Å². The minimum atomic E-state index is -0.298. The van der Waals surface area contributed by atoms with Crippen molar-refractivity contribution >= 4 is 35.3 Å². The van der Waals surface area contributed by atoms with Gasteiger partial charge in [0.15, 0.2) is 12.6 Å². The van der Waals surface area contributed by atoms with Gasteiger partial charge in [-0.05, 0) is 38.2 Å². The minimum Gasteiger partial charge on any atom is -0.354 e. The van der Waals surface area contributed by atoms with E-state index in [4.69, 9.17) is 30.4 Å². The van der Waals surface area contributed by atoms with Crippen molar-refractivity contribution in [3.8, 4) is 0 Å². The van der Waals surface area contributed by atoms with Crippen LogP contribution >= 0.6 is 23.5 Å². The van der Waals surface area contributed by atoms with Gasteiger partial charge in [0.1, 0.15) is 0 Å². The molecule has 0 aliphatic rings. The van der Waals surface area contributed by atoms with Crippen LogP contribution < -0.4 is 27.4 Å². The van der Waals surface area contributed by atoms with Gasteiger partial charge in [-0.15, -0.1) is 0 Å².